The molecule has 0 amide bonds. The molecule has 296 valence electrons. The van der Waals surface area contributed by atoms with E-state index in [9.17, 15) is 40.5 Å². The number of nitriles is 2. The number of nitrogens with zero attached hydrogens (tertiary/aromatic N) is 8. The topological polar surface area (TPSA) is 312 Å². The first-order chi connectivity index (χ1) is 26.7. The first kappa shape index (κ1) is 38.8. The fourth-order valence-corrected chi connectivity index (χ4v) is 7.84. The van der Waals surface area contributed by atoms with Crippen molar-refractivity contribution < 1.29 is 49.0 Å². The van der Waals surface area contributed by atoms with E-state index < -0.39 is 78.2 Å². The summed E-state index contributed by atoms with van der Waals surface area (Å²) in [7, 11) is 0. The van der Waals surface area contributed by atoms with Crippen LogP contribution in [-0.4, -0.2) is 111 Å². The van der Waals surface area contributed by atoms with E-state index in [-0.39, 0.29) is 54.2 Å². The molecule has 4 aromatic heterocycles. The predicted molar refractivity (Wildman–Crippen MR) is 189 cm³/mol. The number of fused-ring (bicyclic) bond motifs is 2. The van der Waals surface area contributed by atoms with Gasteiger partial charge < -0.3 is 50.8 Å². The van der Waals surface area contributed by atoms with Gasteiger partial charge in [0.1, 0.15) is 79.3 Å². The molecule has 1 aliphatic carbocycles. The lowest BCUT2D eigenvalue weighted by molar-refractivity contribution is -0.156. The Morgan fingerprint density at radius 2 is 1.50 bits per heavy atom. The van der Waals surface area contributed by atoms with Crippen molar-refractivity contribution in [2.75, 3.05) is 24.7 Å². The summed E-state index contributed by atoms with van der Waals surface area (Å²) in [5.74, 6) is -1.66. The van der Waals surface area contributed by atoms with Crippen LogP contribution in [0.4, 0.5) is 11.6 Å². The SMILES string of the molecule is CC(C)CC(=O)OC[C@H]1O[C@@](C#N)(c2ccc3c(N)nc(C4CCCC(C(=O)OC[C@H]5O[C@@](C#N)(c6ccc7c(N)ncnn67)[C@H](O)[C@@H]5O)C4)nn23)[C@H](O)[C@@H]1O. The number of ether oxygens (including phenoxy) is 4. The van der Waals surface area contributed by atoms with Gasteiger partial charge in [0.2, 0.25) is 11.2 Å². The second-order valence-electron chi connectivity index (χ2n) is 14.9. The maximum Gasteiger partial charge on any atom is 0.309 e. The van der Waals surface area contributed by atoms with Crippen molar-refractivity contribution in [3.05, 3.63) is 47.8 Å². The average molecular weight is 775 g/mol. The van der Waals surface area contributed by atoms with Crippen LogP contribution in [0.3, 0.4) is 0 Å². The summed E-state index contributed by atoms with van der Waals surface area (Å²) < 4.78 is 25.4. The van der Waals surface area contributed by atoms with Gasteiger partial charge in [-0.25, -0.2) is 19.0 Å². The van der Waals surface area contributed by atoms with Crippen molar-refractivity contribution in [2.45, 2.75) is 99.7 Å². The number of carbonyl (C=O) groups excluding carboxylic acids is 2. The second-order valence-corrected chi connectivity index (χ2v) is 14.9. The van der Waals surface area contributed by atoms with Crippen LogP contribution in [0, 0.1) is 34.5 Å². The van der Waals surface area contributed by atoms with E-state index in [1.54, 1.807) is 12.1 Å². The predicted octanol–water partition coefficient (Wildman–Crippen LogP) is -0.278. The molecule has 3 fully saturated rings. The summed E-state index contributed by atoms with van der Waals surface area (Å²) >= 11 is 0. The van der Waals surface area contributed by atoms with Gasteiger partial charge in [0, 0.05) is 12.3 Å². The smallest absolute Gasteiger partial charge is 0.309 e. The number of rotatable bonds is 10. The summed E-state index contributed by atoms with van der Waals surface area (Å²) in [5.41, 5.74) is 8.95. The zero-order valence-electron chi connectivity index (χ0n) is 30.5. The lowest BCUT2D eigenvalue weighted by atomic mass is 9.81. The zero-order valence-corrected chi connectivity index (χ0v) is 30.5. The van der Waals surface area contributed by atoms with Crippen LogP contribution < -0.4 is 11.5 Å². The number of aliphatic hydroxyl groups is 4. The van der Waals surface area contributed by atoms with Crippen molar-refractivity contribution in [3.63, 3.8) is 0 Å². The quantitative estimate of drug-likeness (QED) is 0.113. The Morgan fingerprint density at radius 1 is 0.911 bits per heavy atom. The molecule has 20 nitrogen and oxygen atoms in total. The zero-order chi connectivity index (χ0) is 40.1. The Balaban J connectivity index is 1.05. The van der Waals surface area contributed by atoms with Gasteiger partial charge in [-0.05, 0) is 49.4 Å². The molecule has 0 radical (unpaired) electrons. The number of aromatic nitrogens is 6. The molecule has 0 bridgehead atoms. The van der Waals surface area contributed by atoms with Crippen LogP contribution in [0.1, 0.15) is 69.1 Å². The molecule has 3 aliphatic rings. The van der Waals surface area contributed by atoms with Gasteiger partial charge >= 0.3 is 11.9 Å². The molecule has 2 aliphatic heterocycles. The highest BCUT2D eigenvalue weighted by Gasteiger charge is 2.59. The molecule has 4 aromatic rings. The molecule has 20 heteroatoms. The van der Waals surface area contributed by atoms with Crippen LogP contribution in [0.2, 0.25) is 0 Å². The number of carbonyl (C=O) groups is 2. The summed E-state index contributed by atoms with van der Waals surface area (Å²) in [6, 6.07) is 10.00. The Bertz CT molecular complexity index is 2230. The molecule has 8 N–H and O–H groups in total. The third-order valence-electron chi connectivity index (χ3n) is 10.8. The number of hydrogen-bond donors (Lipinski definition) is 6. The first-order valence-electron chi connectivity index (χ1n) is 18.2. The highest BCUT2D eigenvalue weighted by Crippen LogP contribution is 2.43. The van der Waals surface area contributed by atoms with Gasteiger partial charge in [0.25, 0.3) is 0 Å². The highest BCUT2D eigenvalue weighted by atomic mass is 16.6. The number of esters is 2. The minimum absolute atomic E-state index is 0.0362. The summed E-state index contributed by atoms with van der Waals surface area (Å²) in [6.45, 7) is 2.84. The minimum atomic E-state index is -2.11. The Morgan fingerprint density at radius 3 is 2.11 bits per heavy atom. The van der Waals surface area contributed by atoms with Crippen LogP contribution in [0.25, 0.3) is 11.0 Å². The van der Waals surface area contributed by atoms with E-state index in [2.05, 4.69) is 20.2 Å². The second kappa shape index (κ2) is 14.9. The summed E-state index contributed by atoms with van der Waals surface area (Å²) in [4.78, 5) is 34.0. The number of aliphatic hydroxyl groups excluding tert-OH is 4. The fourth-order valence-electron chi connectivity index (χ4n) is 7.84. The Kier molecular flexibility index (Phi) is 10.3. The van der Waals surface area contributed by atoms with Gasteiger partial charge in [-0.2, -0.15) is 20.7 Å². The maximum absolute atomic E-state index is 13.5. The molecule has 6 heterocycles. The Hall–Kier alpha value is -5.48. The molecule has 1 saturated carbocycles. The molecule has 10 atom stereocenters. The standard InChI is InChI=1S/C36H42N10O10/c1-17(2)10-26(47)53-12-22-27(48)30(51)36(15-38,55-22)25-9-7-21-32(40)43-33(44-46(21)25)18-4-3-5-19(11-18)34(52)54-13-23-28(49)29(50)35(14-37,56-23)24-8-6-20-31(39)41-16-42-45(20)24/h6-9,16-19,22-23,27-30,48-51H,3-5,10-13H2,1-2H3,(H2,39,41,42)(H2,40,43,44)/t18?,19?,22-,23-,27-,28-,29-,30-,35+,36+/m1/s1. The molecule has 0 spiro atoms. The van der Waals surface area contributed by atoms with E-state index >= 15 is 0 Å². The van der Waals surface area contributed by atoms with Gasteiger partial charge in [-0.3, -0.25) is 9.59 Å². The van der Waals surface area contributed by atoms with Gasteiger partial charge in [-0.1, -0.05) is 20.3 Å². The number of anilines is 2. The van der Waals surface area contributed by atoms with Gasteiger partial charge in [0.05, 0.1) is 17.3 Å². The maximum atomic E-state index is 13.5. The third-order valence-corrected chi connectivity index (χ3v) is 10.8. The monoisotopic (exact) mass is 774 g/mol. The van der Waals surface area contributed by atoms with E-state index in [0.29, 0.717) is 30.3 Å². The minimum Gasteiger partial charge on any atom is -0.463 e. The number of nitrogen functional groups attached to an aromatic ring is 2. The van der Waals surface area contributed by atoms with E-state index in [1.165, 1.54) is 27.5 Å². The van der Waals surface area contributed by atoms with E-state index in [1.807, 2.05) is 26.0 Å². The van der Waals surface area contributed by atoms with Crippen molar-refractivity contribution in [1.29, 1.82) is 10.5 Å². The summed E-state index contributed by atoms with van der Waals surface area (Å²) in [6.07, 6.45) is -5.92. The molecular formula is C36H42N10O10. The van der Waals surface area contributed by atoms with E-state index in [0.717, 1.165) is 0 Å². The number of nitrogens with two attached hydrogens (primary N) is 2. The van der Waals surface area contributed by atoms with Gasteiger partial charge in [-0.15, -0.1) is 0 Å². The Labute approximate surface area is 319 Å². The first-order valence-corrected chi connectivity index (χ1v) is 18.2. The normalized spacial score (nSPS) is 31.7. The molecule has 2 saturated heterocycles. The van der Waals surface area contributed by atoms with Crippen LogP contribution in [0.15, 0.2) is 30.6 Å². The van der Waals surface area contributed by atoms with Crippen molar-refractivity contribution >= 4 is 34.6 Å². The van der Waals surface area contributed by atoms with Crippen molar-refractivity contribution in [3.8, 4) is 12.1 Å². The van der Waals surface area contributed by atoms with Crippen molar-refractivity contribution in [2.24, 2.45) is 11.8 Å². The average Bonchev–Trinajstić information content (AvgIpc) is 3.94. The van der Waals surface area contributed by atoms with Gasteiger partial charge in [0.15, 0.2) is 17.5 Å². The molecular weight excluding hydrogens is 732 g/mol. The largest absolute Gasteiger partial charge is 0.463 e. The number of hydrogen-bond acceptors (Lipinski definition) is 18. The molecule has 2 unspecified atom stereocenters. The highest BCUT2D eigenvalue weighted by molar-refractivity contribution is 5.73. The lowest BCUT2D eigenvalue weighted by Gasteiger charge is -2.28. The van der Waals surface area contributed by atoms with Crippen molar-refractivity contribution in [1.82, 2.24) is 29.2 Å². The molecule has 56 heavy (non-hydrogen) atoms. The van der Waals surface area contributed by atoms with Crippen LogP contribution >= 0.6 is 0 Å². The van der Waals surface area contributed by atoms with Crippen LogP contribution in [0.5, 0.6) is 0 Å². The summed E-state index contributed by atoms with van der Waals surface area (Å²) in [5, 5.41) is 73.4. The van der Waals surface area contributed by atoms with E-state index in [4.69, 9.17) is 30.4 Å². The third kappa shape index (κ3) is 6.43. The fraction of sp³-hybridized carbons (Fsp3) is 0.556. The lowest BCUT2D eigenvalue weighted by Crippen LogP contribution is -2.41. The molecule has 0 aromatic carbocycles. The molecule has 7 rings (SSSR count). The van der Waals surface area contributed by atoms with Crippen LogP contribution in [-0.2, 0) is 39.7 Å².